The average molecular weight is 218 g/mol. The Balaban J connectivity index is 2.25. The van der Waals surface area contributed by atoms with Gasteiger partial charge in [-0.05, 0) is 12.8 Å². The van der Waals surface area contributed by atoms with Gasteiger partial charge in [0.15, 0.2) is 0 Å². The fourth-order valence-corrected chi connectivity index (χ4v) is 3.42. The van der Waals surface area contributed by atoms with E-state index in [0.29, 0.717) is 0 Å². The lowest BCUT2D eigenvalue weighted by atomic mass is 9.55. The molecule has 4 nitrogen and oxygen atoms in total. The van der Waals surface area contributed by atoms with E-state index < -0.39 is 10.8 Å². The molecule has 2 N–H and O–H groups in total. The van der Waals surface area contributed by atoms with Crippen LogP contribution in [0, 0.1) is 10.8 Å². The summed E-state index contributed by atoms with van der Waals surface area (Å²) in [6.07, 6.45) is 10.9. The van der Waals surface area contributed by atoms with Crippen LogP contribution in [-0.2, 0) is 9.59 Å². The van der Waals surface area contributed by atoms with Gasteiger partial charge in [0.05, 0.1) is 10.8 Å². The fourth-order valence-electron chi connectivity index (χ4n) is 3.42. The minimum Gasteiger partial charge on any atom is -0.272 e. The van der Waals surface area contributed by atoms with Crippen molar-refractivity contribution in [2.45, 2.75) is 25.7 Å². The molecule has 2 atom stereocenters. The summed E-state index contributed by atoms with van der Waals surface area (Å²) in [7, 11) is 0. The lowest BCUT2D eigenvalue weighted by Gasteiger charge is -2.42. The predicted molar refractivity (Wildman–Crippen MR) is 57.7 cm³/mol. The lowest BCUT2D eigenvalue weighted by molar-refractivity contribution is -0.141. The fraction of sp³-hybridized carbons (Fsp3) is 0.500. The summed E-state index contributed by atoms with van der Waals surface area (Å²) in [6, 6.07) is 0. The Kier molecular flexibility index (Phi) is 1.73. The van der Waals surface area contributed by atoms with Gasteiger partial charge < -0.3 is 0 Å². The number of rotatable bonds is 0. The zero-order valence-electron chi connectivity index (χ0n) is 8.98. The molecule has 0 aromatic carbocycles. The molecule has 16 heavy (non-hydrogen) atoms. The number of hydrazine groups is 1. The van der Waals surface area contributed by atoms with Crippen molar-refractivity contribution in [3.05, 3.63) is 24.3 Å². The monoisotopic (exact) mass is 218 g/mol. The number of imide groups is 1. The smallest absolute Gasteiger partial charge is 0.255 e. The van der Waals surface area contributed by atoms with E-state index in [1.165, 1.54) is 0 Å². The van der Waals surface area contributed by atoms with Crippen LogP contribution in [0.1, 0.15) is 25.7 Å². The maximum atomic E-state index is 12.2. The average Bonchev–Trinajstić information content (AvgIpc) is 2.51. The van der Waals surface area contributed by atoms with Crippen LogP contribution >= 0.6 is 0 Å². The number of nitrogens with two attached hydrogens (primary N) is 1. The van der Waals surface area contributed by atoms with Gasteiger partial charge in [-0.25, -0.2) is 10.9 Å². The summed E-state index contributed by atoms with van der Waals surface area (Å²) >= 11 is 0. The van der Waals surface area contributed by atoms with E-state index in [1.54, 1.807) is 0 Å². The van der Waals surface area contributed by atoms with Crippen molar-refractivity contribution in [1.29, 1.82) is 0 Å². The van der Waals surface area contributed by atoms with Crippen LogP contribution in [0.3, 0.4) is 0 Å². The third kappa shape index (κ3) is 0.812. The highest BCUT2D eigenvalue weighted by molar-refractivity contribution is 6.11. The summed E-state index contributed by atoms with van der Waals surface area (Å²) in [5, 5.41) is 0.825. The predicted octanol–water partition coefficient (Wildman–Crippen LogP) is 0.902. The highest BCUT2D eigenvalue weighted by atomic mass is 16.2. The number of nitrogens with zero attached hydrogens (tertiary/aromatic N) is 1. The van der Waals surface area contributed by atoms with E-state index in [4.69, 9.17) is 5.84 Å². The van der Waals surface area contributed by atoms with Crippen molar-refractivity contribution in [2.75, 3.05) is 0 Å². The van der Waals surface area contributed by atoms with Crippen LogP contribution in [-0.4, -0.2) is 16.8 Å². The summed E-state index contributed by atoms with van der Waals surface area (Å²) in [4.78, 5) is 24.4. The van der Waals surface area contributed by atoms with Crippen molar-refractivity contribution >= 4 is 11.8 Å². The first-order valence-corrected chi connectivity index (χ1v) is 5.65. The molecule has 0 bridgehead atoms. The van der Waals surface area contributed by atoms with Crippen LogP contribution in [0.15, 0.2) is 24.3 Å². The van der Waals surface area contributed by atoms with Gasteiger partial charge >= 0.3 is 0 Å². The molecule has 0 unspecified atom stereocenters. The second-order valence-corrected chi connectivity index (χ2v) is 4.85. The third-order valence-electron chi connectivity index (χ3n) is 4.26. The van der Waals surface area contributed by atoms with Gasteiger partial charge in [0.25, 0.3) is 11.8 Å². The molecular formula is C12H14N2O2. The van der Waals surface area contributed by atoms with Crippen molar-refractivity contribution in [2.24, 2.45) is 16.7 Å². The second kappa shape index (κ2) is 2.83. The molecule has 1 saturated carbocycles. The number of hydrogen-bond acceptors (Lipinski definition) is 3. The van der Waals surface area contributed by atoms with Gasteiger partial charge in [-0.2, -0.15) is 0 Å². The highest BCUT2D eigenvalue weighted by Gasteiger charge is 2.67. The van der Waals surface area contributed by atoms with Crippen molar-refractivity contribution in [3.63, 3.8) is 0 Å². The molecule has 3 aliphatic rings. The van der Waals surface area contributed by atoms with Crippen molar-refractivity contribution < 1.29 is 9.59 Å². The molecule has 1 heterocycles. The molecule has 2 fully saturated rings. The lowest BCUT2D eigenvalue weighted by Crippen LogP contribution is -2.45. The Morgan fingerprint density at radius 2 is 1.44 bits per heavy atom. The Morgan fingerprint density at radius 3 is 1.88 bits per heavy atom. The molecule has 2 aliphatic carbocycles. The van der Waals surface area contributed by atoms with Gasteiger partial charge in [0.2, 0.25) is 0 Å². The molecule has 2 amide bonds. The van der Waals surface area contributed by atoms with E-state index in [2.05, 4.69) is 0 Å². The van der Waals surface area contributed by atoms with Crippen molar-refractivity contribution in [1.82, 2.24) is 5.01 Å². The van der Waals surface area contributed by atoms with Crippen molar-refractivity contribution in [3.8, 4) is 0 Å². The van der Waals surface area contributed by atoms with Gasteiger partial charge in [-0.1, -0.05) is 37.1 Å². The molecule has 0 radical (unpaired) electrons. The molecule has 1 aliphatic heterocycles. The maximum absolute atomic E-state index is 12.2. The Labute approximate surface area is 93.7 Å². The minimum atomic E-state index is -0.689. The summed E-state index contributed by atoms with van der Waals surface area (Å²) in [6.45, 7) is 0. The molecule has 3 rings (SSSR count). The van der Waals surface area contributed by atoms with Gasteiger partial charge in [-0.15, -0.1) is 0 Å². The number of carbonyl (C=O) groups excluding carboxylic acids is 2. The number of amides is 2. The van der Waals surface area contributed by atoms with Crippen LogP contribution in [0.4, 0.5) is 0 Å². The topological polar surface area (TPSA) is 63.4 Å². The van der Waals surface area contributed by atoms with Gasteiger partial charge in [-0.3, -0.25) is 9.59 Å². The molecular weight excluding hydrogens is 204 g/mol. The normalized spacial score (nSPS) is 41.2. The Hall–Kier alpha value is -1.42. The van der Waals surface area contributed by atoms with E-state index in [0.717, 1.165) is 30.7 Å². The van der Waals surface area contributed by atoms with E-state index in [1.807, 2.05) is 24.3 Å². The first-order chi connectivity index (χ1) is 7.64. The van der Waals surface area contributed by atoms with Crippen LogP contribution in [0.2, 0.25) is 0 Å². The van der Waals surface area contributed by atoms with Gasteiger partial charge in [0, 0.05) is 0 Å². The molecule has 84 valence electrons. The molecule has 4 heteroatoms. The SMILES string of the molecule is NN1C(=O)[C@]23C=CC=C[C@@]2(CCCC3)C1=O. The number of hydrogen-bond donors (Lipinski definition) is 1. The Morgan fingerprint density at radius 1 is 1.00 bits per heavy atom. The zero-order valence-corrected chi connectivity index (χ0v) is 8.98. The van der Waals surface area contributed by atoms with E-state index in [-0.39, 0.29) is 11.8 Å². The molecule has 0 spiro atoms. The Bertz CT molecular complexity index is 400. The molecule has 0 aromatic heterocycles. The second-order valence-electron chi connectivity index (χ2n) is 4.85. The highest BCUT2D eigenvalue weighted by Crippen LogP contribution is 2.59. The van der Waals surface area contributed by atoms with Crippen LogP contribution in [0.5, 0.6) is 0 Å². The standard InChI is InChI=1S/C12H14N2O2/c13-14-9(15)11-5-1-2-6-12(11,10(14)16)8-4-3-7-11/h1-2,5-6H,3-4,7-8,13H2/t11-,12-/m1/s1. The summed E-state index contributed by atoms with van der Waals surface area (Å²) in [5.41, 5.74) is -1.38. The number of carbonyl (C=O) groups is 2. The molecule has 1 saturated heterocycles. The van der Waals surface area contributed by atoms with Gasteiger partial charge in [0.1, 0.15) is 0 Å². The minimum absolute atomic E-state index is 0.238. The quantitative estimate of drug-likeness (QED) is 0.373. The largest absolute Gasteiger partial charge is 0.272 e. The van der Waals surface area contributed by atoms with E-state index in [9.17, 15) is 9.59 Å². The summed E-state index contributed by atoms with van der Waals surface area (Å²) in [5.74, 6) is 5.12. The third-order valence-corrected chi connectivity index (χ3v) is 4.26. The number of allylic oxidation sites excluding steroid dienone is 2. The van der Waals surface area contributed by atoms with E-state index >= 15 is 0 Å². The zero-order chi connectivity index (χ0) is 11.4. The molecule has 0 aromatic rings. The van der Waals surface area contributed by atoms with Crippen LogP contribution in [0.25, 0.3) is 0 Å². The van der Waals surface area contributed by atoms with Crippen LogP contribution < -0.4 is 5.84 Å². The summed E-state index contributed by atoms with van der Waals surface area (Å²) < 4.78 is 0. The first kappa shape index (κ1) is 9.78. The first-order valence-electron chi connectivity index (χ1n) is 5.65. The maximum Gasteiger partial charge on any atom is 0.255 e.